The van der Waals surface area contributed by atoms with Gasteiger partial charge in [0, 0.05) is 12.7 Å². The molecule has 0 aromatic carbocycles. The lowest BCUT2D eigenvalue weighted by Gasteiger charge is -2.02. The molecule has 80 valence electrons. The smallest absolute Gasteiger partial charge is 0.110 e. The fourth-order valence-corrected chi connectivity index (χ4v) is 1.92. The van der Waals surface area contributed by atoms with Gasteiger partial charge in [-0.15, -0.1) is 0 Å². The SMILES string of the molecule is CCNCc1nc(C)n2cccc(C)c12. The zero-order chi connectivity index (χ0) is 10.8. The highest BCUT2D eigenvalue weighted by Gasteiger charge is 2.08. The number of hydrogen-bond donors (Lipinski definition) is 1. The van der Waals surface area contributed by atoms with E-state index in [1.54, 1.807) is 0 Å². The van der Waals surface area contributed by atoms with E-state index in [0.717, 1.165) is 24.6 Å². The van der Waals surface area contributed by atoms with Gasteiger partial charge in [0.2, 0.25) is 0 Å². The van der Waals surface area contributed by atoms with Crippen molar-refractivity contribution in [2.75, 3.05) is 6.54 Å². The Bertz CT molecular complexity index is 471. The highest BCUT2D eigenvalue weighted by Crippen LogP contribution is 2.16. The zero-order valence-corrected chi connectivity index (χ0v) is 9.54. The van der Waals surface area contributed by atoms with Crippen LogP contribution in [0.25, 0.3) is 5.52 Å². The Hall–Kier alpha value is -1.35. The molecule has 1 N–H and O–H groups in total. The van der Waals surface area contributed by atoms with Crippen LogP contribution < -0.4 is 5.32 Å². The second-order valence-corrected chi connectivity index (χ2v) is 3.80. The fourth-order valence-electron chi connectivity index (χ4n) is 1.92. The lowest BCUT2D eigenvalue weighted by Crippen LogP contribution is -2.12. The van der Waals surface area contributed by atoms with Gasteiger partial charge in [-0.3, -0.25) is 0 Å². The first kappa shape index (κ1) is 10.2. The summed E-state index contributed by atoms with van der Waals surface area (Å²) in [5, 5.41) is 3.32. The highest BCUT2D eigenvalue weighted by molar-refractivity contribution is 5.59. The summed E-state index contributed by atoms with van der Waals surface area (Å²) in [6.45, 7) is 8.11. The molecule has 2 heterocycles. The summed E-state index contributed by atoms with van der Waals surface area (Å²) in [7, 11) is 0. The van der Waals surface area contributed by atoms with E-state index in [0.29, 0.717) is 0 Å². The third-order valence-electron chi connectivity index (χ3n) is 2.66. The molecular formula is C12H17N3. The molecule has 0 unspecified atom stereocenters. The number of nitrogens with zero attached hydrogens (tertiary/aromatic N) is 2. The van der Waals surface area contributed by atoms with Crippen LogP contribution in [0.4, 0.5) is 0 Å². The summed E-state index contributed by atoms with van der Waals surface area (Å²) in [6.07, 6.45) is 2.07. The normalized spacial score (nSPS) is 11.1. The first-order chi connectivity index (χ1) is 7.24. The molecule has 2 aromatic heterocycles. The van der Waals surface area contributed by atoms with Crippen LogP contribution in [0.3, 0.4) is 0 Å². The molecule has 3 nitrogen and oxygen atoms in total. The molecule has 0 spiro atoms. The van der Waals surface area contributed by atoms with Gasteiger partial charge in [-0.2, -0.15) is 0 Å². The topological polar surface area (TPSA) is 29.3 Å². The Labute approximate surface area is 90.1 Å². The quantitative estimate of drug-likeness (QED) is 0.827. The summed E-state index contributed by atoms with van der Waals surface area (Å²) >= 11 is 0. The minimum atomic E-state index is 0.846. The van der Waals surface area contributed by atoms with Crippen LogP contribution in [-0.4, -0.2) is 15.9 Å². The number of aryl methyl sites for hydroxylation is 2. The Morgan fingerprint density at radius 2 is 2.20 bits per heavy atom. The monoisotopic (exact) mass is 203 g/mol. The van der Waals surface area contributed by atoms with Crippen molar-refractivity contribution in [2.24, 2.45) is 0 Å². The number of fused-ring (bicyclic) bond motifs is 1. The Balaban J connectivity index is 2.54. The second kappa shape index (κ2) is 4.03. The first-order valence-corrected chi connectivity index (χ1v) is 5.38. The van der Waals surface area contributed by atoms with Crippen LogP contribution in [-0.2, 0) is 6.54 Å². The van der Waals surface area contributed by atoms with E-state index in [9.17, 15) is 0 Å². The summed E-state index contributed by atoms with van der Waals surface area (Å²) in [6, 6.07) is 4.19. The van der Waals surface area contributed by atoms with Crippen molar-refractivity contribution in [3.05, 3.63) is 35.4 Å². The minimum absolute atomic E-state index is 0.846. The number of nitrogens with one attached hydrogen (secondary N) is 1. The molecule has 0 fully saturated rings. The van der Waals surface area contributed by atoms with E-state index in [1.165, 1.54) is 11.1 Å². The van der Waals surface area contributed by atoms with E-state index in [-0.39, 0.29) is 0 Å². The van der Waals surface area contributed by atoms with E-state index in [1.807, 2.05) is 6.92 Å². The van der Waals surface area contributed by atoms with Gasteiger partial charge < -0.3 is 9.72 Å². The lowest BCUT2D eigenvalue weighted by atomic mass is 10.2. The van der Waals surface area contributed by atoms with Gasteiger partial charge in [0.25, 0.3) is 0 Å². The maximum absolute atomic E-state index is 4.59. The molecule has 0 amide bonds. The third kappa shape index (κ3) is 1.75. The Morgan fingerprint density at radius 1 is 1.40 bits per heavy atom. The number of imidazole rings is 1. The highest BCUT2D eigenvalue weighted by atomic mass is 15.0. The van der Waals surface area contributed by atoms with E-state index < -0.39 is 0 Å². The van der Waals surface area contributed by atoms with Crippen LogP contribution >= 0.6 is 0 Å². The largest absolute Gasteiger partial charge is 0.311 e. The number of rotatable bonds is 3. The maximum Gasteiger partial charge on any atom is 0.110 e. The van der Waals surface area contributed by atoms with Gasteiger partial charge in [-0.25, -0.2) is 4.98 Å². The van der Waals surface area contributed by atoms with E-state index >= 15 is 0 Å². The molecule has 3 heteroatoms. The average molecular weight is 203 g/mol. The summed E-state index contributed by atoms with van der Waals surface area (Å²) in [4.78, 5) is 4.59. The van der Waals surface area contributed by atoms with E-state index in [2.05, 4.69) is 46.9 Å². The van der Waals surface area contributed by atoms with Gasteiger partial charge in [0.15, 0.2) is 0 Å². The van der Waals surface area contributed by atoms with Gasteiger partial charge in [-0.05, 0) is 32.0 Å². The van der Waals surface area contributed by atoms with Gasteiger partial charge >= 0.3 is 0 Å². The molecule has 0 saturated heterocycles. The Morgan fingerprint density at radius 3 is 2.93 bits per heavy atom. The summed E-state index contributed by atoms with van der Waals surface area (Å²) < 4.78 is 2.15. The zero-order valence-electron chi connectivity index (χ0n) is 9.54. The minimum Gasteiger partial charge on any atom is -0.311 e. The molecule has 0 saturated carbocycles. The molecule has 0 aliphatic carbocycles. The molecule has 15 heavy (non-hydrogen) atoms. The predicted octanol–water partition coefficient (Wildman–Crippen LogP) is 2.06. The average Bonchev–Trinajstić information content (AvgIpc) is 2.55. The summed E-state index contributed by atoms with van der Waals surface area (Å²) in [5.41, 5.74) is 3.68. The number of aromatic nitrogens is 2. The van der Waals surface area contributed by atoms with Crippen LogP contribution in [0.1, 0.15) is 24.0 Å². The van der Waals surface area contributed by atoms with Crippen molar-refractivity contribution in [2.45, 2.75) is 27.3 Å². The fraction of sp³-hybridized carbons (Fsp3) is 0.417. The van der Waals surface area contributed by atoms with Crippen molar-refractivity contribution in [1.29, 1.82) is 0 Å². The molecule has 0 aliphatic heterocycles. The van der Waals surface area contributed by atoms with Crippen LogP contribution in [0.2, 0.25) is 0 Å². The number of hydrogen-bond acceptors (Lipinski definition) is 2. The second-order valence-electron chi connectivity index (χ2n) is 3.80. The molecule has 0 atom stereocenters. The first-order valence-electron chi connectivity index (χ1n) is 5.38. The van der Waals surface area contributed by atoms with Crippen molar-refractivity contribution in [1.82, 2.24) is 14.7 Å². The Kier molecular flexibility index (Phi) is 2.73. The summed E-state index contributed by atoms with van der Waals surface area (Å²) in [5.74, 6) is 1.06. The van der Waals surface area contributed by atoms with Crippen molar-refractivity contribution in [3.8, 4) is 0 Å². The van der Waals surface area contributed by atoms with Gasteiger partial charge in [0.05, 0.1) is 11.2 Å². The molecular weight excluding hydrogens is 186 g/mol. The van der Waals surface area contributed by atoms with Crippen molar-refractivity contribution >= 4 is 5.52 Å². The van der Waals surface area contributed by atoms with Crippen LogP contribution in [0.15, 0.2) is 18.3 Å². The van der Waals surface area contributed by atoms with Gasteiger partial charge in [0.1, 0.15) is 5.82 Å². The third-order valence-corrected chi connectivity index (χ3v) is 2.66. The molecule has 0 aliphatic rings. The lowest BCUT2D eigenvalue weighted by molar-refractivity contribution is 0.716. The molecule has 2 aromatic rings. The maximum atomic E-state index is 4.59. The molecule has 0 radical (unpaired) electrons. The van der Waals surface area contributed by atoms with E-state index in [4.69, 9.17) is 0 Å². The number of pyridine rings is 1. The molecule has 0 bridgehead atoms. The van der Waals surface area contributed by atoms with Gasteiger partial charge in [-0.1, -0.05) is 13.0 Å². The van der Waals surface area contributed by atoms with Crippen LogP contribution in [0, 0.1) is 13.8 Å². The predicted molar refractivity (Wildman–Crippen MR) is 62.0 cm³/mol. The standard InChI is InChI=1S/C12H17N3/c1-4-13-8-11-12-9(2)6-5-7-15(12)10(3)14-11/h5-7,13H,4,8H2,1-3H3. The molecule has 2 rings (SSSR count). The van der Waals surface area contributed by atoms with Crippen molar-refractivity contribution < 1.29 is 0 Å². The van der Waals surface area contributed by atoms with Crippen molar-refractivity contribution in [3.63, 3.8) is 0 Å². The van der Waals surface area contributed by atoms with Crippen LogP contribution in [0.5, 0.6) is 0 Å².